The van der Waals surface area contributed by atoms with Crippen LogP contribution in [0.5, 0.6) is 0 Å². The standard InChI is InChI=1S/C13H18BrN3O5S/c1-23(20,21)9-13(2-4-22-5-3-13)8-16-12-11(14)6-10(7-15-12)17(18)19/h6-7H,2-5,8-9H2,1H3,(H,15,16). The lowest BCUT2D eigenvalue weighted by atomic mass is 9.82. The van der Waals surface area contributed by atoms with Crippen LogP contribution in [0.2, 0.25) is 0 Å². The fraction of sp³-hybridized carbons (Fsp3) is 0.615. The molecule has 1 aromatic rings. The highest BCUT2D eigenvalue weighted by Gasteiger charge is 2.36. The average molecular weight is 408 g/mol. The van der Waals surface area contributed by atoms with Gasteiger partial charge >= 0.3 is 0 Å². The van der Waals surface area contributed by atoms with E-state index in [1.54, 1.807) is 0 Å². The average Bonchev–Trinajstić information content (AvgIpc) is 2.45. The van der Waals surface area contributed by atoms with Crippen molar-refractivity contribution in [3.8, 4) is 0 Å². The molecule has 1 aliphatic heterocycles. The number of halogens is 1. The topological polar surface area (TPSA) is 111 Å². The summed E-state index contributed by atoms with van der Waals surface area (Å²) >= 11 is 3.25. The second-order valence-corrected chi connectivity index (χ2v) is 8.81. The van der Waals surface area contributed by atoms with E-state index in [-0.39, 0.29) is 11.4 Å². The summed E-state index contributed by atoms with van der Waals surface area (Å²) in [6, 6.07) is 1.36. The third-order valence-corrected chi connectivity index (χ3v) is 5.53. The molecule has 0 bridgehead atoms. The Morgan fingerprint density at radius 1 is 1.48 bits per heavy atom. The molecular formula is C13H18BrN3O5S. The van der Waals surface area contributed by atoms with Crippen LogP contribution in [0.25, 0.3) is 0 Å². The largest absolute Gasteiger partial charge is 0.381 e. The molecule has 23 heavy (non-hydrogen) atoms. The minimum Gasteiger partial charge on any atom is -0.381 e. The van der Waals surface area contributed by atoms with Gasteiger partial charge in [-0.1, -0.05) is 0 Å². The molecule has 10 heteroatoms. The van der Waals surface area contributed by atoms with Crippen LogP contribution in [0.1, 0.15) is 12.8 Å². The van der Waals surface area contributed by atoms with Gasteiger partial charge in [-0.2, -0.15) is 0 Å². The molecule has 1 fully saturated rings. The molecule has 1 aromatic heterocycles. The number of hydrogen-bond donors (Lipinski definition) is 1. The Morgan fingerprint density at radius 2 is 2.13 bits per heavy atom. The first kappa shape index (κ1) is 18.1. The summed E-state index contributed by atoms with van der Waals surface area (Å²) in [6.45, 7) is 1.45. The molecular weight excluding hydrogens is 390 g/mol. The lowest BCUT2D eigenvalue weighted by Crippen LogP contribution is -2.41. The first-order valence-electron chi connectivity index (χ1n) is 7.00. The van der Waals surface area contributed by atoms with Crippen LogP contribution in [-0.4, -0.2) is 50.1 Å². The minimum absolute atomic E-state index is 0.0704. The van der Waals surface area contributed by atoms with E-state index in [2.05, 4.69) is 26.2 Å². The van der Waals surface area contributed by atoms with Crippen LogP contribution in [-0.2, 0) is 14.6 Å². The van der Waals surface area contributed by atoms with Crippen molar-refractivity contribution in [1.29, 1.82) is 0 Å². The van der Waals surface area contributed by atoms with E-state index in [9.17, 15) is 18.5 Å². The third kappa shape index (κ3) is 5.11. The second kappa shape index (κ2) is 7.10. The van der Waals surface area contributed by atoms with Gasteiger partial charge in [-0.05, 0) is 28.8 Å². The highest BCUT2D eigenvalue weighted by Crippen LogP contribution is 2.33. The summed E-state index contributed by atoms with van der Waals surface area (Å²) in [5.74, 6) is 0.524. The second-order valence-electron chi connectivity index (χ2n) is 5.82. The maximum Gasteiger partial charge on any atom is 0.288 e. The highest BCUT2D eigenvalue weighted by molar-refractivity contribution is 9.10. The van der Waals surface area contributed by atoms with E-state index in [1.165, 1.54) is 18.5 Å². The Morgan fingerprint density at radius 3 is 2.65 bits per heavy atom. The van der Waals surface area contributed by atoms with Crippen molar-refractivity contribution in [3.05, 3.63) is 26.9 Å². The molecule has 0 aromatic carbocycles. The number of anilines is 1. The predicted octanol–water partition coefficient (Wildman–Crippen LogP) is 2.01. The molecule has 0 saturated carbocycles. The number of pyridine rings is 1. The molecule has 2 rings (SSSR count). The zero-order chi connectivity index (χ0) is 17.1. The van der Waals surface area contributed by atoms with Gasteiger partial charge in [0.2, 0.25) is 0 Å². The number of nitrogens with zero attached hydrogens (tertiary/aromatic N) is 2. The van der Waals surface area contributed by atoms with Gasteiger partial charge in [0.05, 0.1) is 15.1 Å². The van der Waals surface area contributed by atoms with Crippen LogP contribution in [0, 0.1) is 15.5 Å². The van der Waals surface area contributed by atoms with E-state index in [0.29, 0.717) is 42.9 Å². The van der Waals surface area contributed by atoms with Gasteiger partial charge in [-0.25, -0.2) is 13.4 Å². The molecule has 2 heterocycles. The maximum absolute atomic E-state index is 11.7. The fourth-order valence-electron chi connectivity index (χ4n) is 2.66. The van der Waals surface area contributed by atoms with Gasteiger partial charge in [-0.15, -0.1) is 0 Å². The van der Waals surface area contributed by atoms with Crippen molar-refractivity contribution in [3.63, 3.8) is 0 Å². The smallest absolute Gasteiger partial charge is 0.288 e. The Hall–Kier alpha value is -1.26. The lowest BCUT2D eigenvalue weighted by molar-refractivity contribution is -0.385. The molecule has 1 aliphatic rings. The van der Waals surface area contributed by atoms with E-state index >= 15 is 0 Å². The summed E-state index contributed by atoms with van der Waals surface area (Å²) in [4.78, 5) is 14.2. The first-order chi connectivity index (χ1) is 10.7. The van der Waals surface area contributed by atoms with Crippen LogP contribution in [0.4, 0.5) is 11.5 Å². The quantitative estimate of drug-likeness (QED) is 0.566. The number of rotatable bonds is 6. The van der Waals surface area contributed by atoms with Crippen molar-refractivity contribution >= 4 is 37.3 Å². The van der Waals surface area contributed by atoms with Crippen LogP contribution in [0.3, 0.4) is 0 Å². The van der Waals surface area contributed by atoms with Crippen LogP contribution < -0.4 is 5.32 Å². The number of nitrogens with one attached hydrogen (secondary N) is 1. The molecule has 128 valence electrons. The monoisotopic (exact) mass is 407 g/mol. The van der Waals surface area contributed by atoms with Crippen molar-refractivity contribution in [2.45, 2.75) is 12.8 Å². The normalized spacial score (nSPS) is 17.7. The maximum atomic E-state index is 11.7. The molecule has 0 aliphatic carbocycles. The zero-order valence-corrected chi connectivity index (χ0v) is 15.0. The minimum atomic E-state index is -3.13. The zero-order valence-electron chi connectivity index (χ0n) is 12.6. The van der Waals surface area contributed by atoms with Gasteiger partial charge in [0.25, 0.3) is 5.69 Å². The lowest BCUT2D eigenvalue weighted by Gasteiger charge is -2.36. The van der Waals surface area contributed by atoms with Gasteiger partial charge in [0.1, 0.15) is 21.9 Å². The van der Waals surface area contributed by atoms with Crippen LogP contribution >= 0.6 is 15.9 Å². The Kier molecular flexibility index (Phi) is 5.58. The Balaban J connectivity index is 2.14. The van der Waals surface area contributed by atoms with E-state index in [1.807, 2.05) is 0 Å². The molecule has 0 amide bonds. The predicted molar refractivity (Wildman–Crippen MR) is 89.3 cm³/mol. The summed E-state index contributed by atoms with van der Waals surface area (Å²) in [5.41, 5.74) is -0.534. The van der Waals surface area contributed by atoms with E-state index in [4.69, 9.17) is 4.74 Å². The van der Waals surface area contributed by atoms with E-state index < -0.39 is 20.2 Å². The summed E-state index contributed by atoms with van der Waals surface area (Å²) < 4.78 is 29.3. The number of ether oxygens (including phenoxy) is 1. The molecule has 0 atom stereocenters. The number of aromatic nitrogens is 1. The molecule has 1 saturated heterocycles. The number of hydrogen-bond acceptors (Lipinski definition) is 7. The number of nitro groups is 1. The Bertz CT molecular complexity index is 689. The molecule has 0 radical (unpaired) electrons. The van der Waals surface area contributed by atoms with Crippen molar-refractivity contribution in [2.24, 2.45) is 5.41 Å². The third-order valence-electron chi connectivity index (χ3n) is 3.79. The molecule has 8 nitrogen and oxygen atoms in total. The van der Waals surface area contributed by atoms with Gasteiger partial charge < -0.3 is 10.1 Å². The first-order valence-corrected chi connectivity index (χ1v) is 9.85. The van der Waals surface area contributed by atoms with Gasteiger partial charge in [0, 0.05) is 37.5 Å². The van der Waals surface area contributed by atoms with Crippen LogP contribution in [0.15, 0.2) is 16.7 Å². The Labute approximate surface area is 142 Å². The molecule has 1 N–H and O–H groups in total. The van der Waals surface area contributed by atoms with Gasteiger partial charge in [0.15, 0.2) is 0 Å². The number of sulfone groups is 1. The molecule has 0 unspecified atom stereocenters. The van der Waals surface area contributed by atoms with E-state index in [0.717, 1.165) is 0 Å². The fourth-order valence-corrected chi connectivity index (χ4v) is 4.64. The van der Waals surface area contributed by atoms with Crippen molar-refractivity contribution in [1.82, 2.24) is 4.98 Å². The highest BCUT2D eigenvalue weighted by atomic mass is 79.9. The SMILES string of the molecule is CS(=O)(=O)CC1(CNc2ncc([N+](=O)[O-])cc2Br)CCOCC1. The summed E-state index contributed by atoms with van der Waals surface area (Å²) in [7, 11) is -3.13. The molecule has 0 spiro atoms. The summed E-state index contributed by atoms with van der Waals surface area (Å²) in [6.07, 6.45) is 3.67. The van der Waals surface area contributed by atoms with Crippen molar-refractivity contribution in [2.75, 3.05) is 37.1 Å². The van der Waals surface area contributed by atoms with Crippen molar-refractivity contribution < 1.29 is 18.1 Å². The summed E-state index contributed by atoms with van der Waals surface area (Å²) in [5, 5.41) is 13.8. The van der Waals surface area contributed by atoms with Gasteiger partial charge in [-0.3, -0.25) is 10.1 Å².